The summed E-state index contributed by atoms with van der Waals surface area (Å²) in [5.41, 5.74) is 0. The summed E-state index contributed by atoms with van der Waals surface area (Å²) in [4.78, 5) is 19.2. The molecular formula is C10H15N3O2. The maximum Gasteiger partial charge on any atom is 0.225 e. The number of hydrogen-bond donors (Lipinski definition) is 1. The van der Waals surface area contributed by atoms with Crippen LogP contribution in [-0.2, 0) is 4.79 Å². The summed E-state index contributed by atoms with van der Waals surface area (Å²) in [7, 11) is 1.51. The van der Waals surface area contributed by atoms with Crippen molar-refractivity contribution in [1.29, 1.82) is 0 Å². The zero-order chi connectivity index (χ0) is 11.3. The highest BCUT2D eigenvalue weighted by Crippen LogP contribution is 2.19. The molecule has 0 unspecified atom stereocenters. The van der Waals surface area contributed by atoms with E-state index in [1.54, 1.807) is 0 Å². The Morgan fingerprint density at radius 2 is 2.33 bits per heavy atom. The standard InChI is InChI=1S/C10H15N3O2/c1-7(2)4-9(14)13-10-8(15-3)5-11-6-12-10/h5-7H,4H2,1-3H3,(H,11,12,13,14). The SMILES string of the molecule is COc1cncnc1NC(=O)CC(C)C. The average molecular weight is 209 g/mol. The average Bonchev–Trinajstić information content (AvgIpc) is 2.17. The van der Waals surface area contributed by atoms with Crippen molar-refractivity contribution in [1.82, 2.24) is 9.97 Å². The largest absolute Gasteiger partial charge is 0.491 e. The molecule has 1 N–H and O–H groups in total. The minimum Gasteiger partial charge on any atom is -0.491 e. The van der Waals surface area contributed by atoms with E-state index in [4.69, 9.17) is 4.74 Å². The van der Waals surface area contributed by atoms with Crippen molar-refractivity contribution >= 4 is 11.7 Å². The highest BCUT2D eigenvalue weighted by molar-refractivity contribution is 5.91. The second-order valence-corrected chi connectivity index (χ2v) is 3.59. The third-order valence-corrected chi connectivity index (χ3v) is 1.75. The number of anilines is 1. The molecule has 82 valence electrons. The monoisotopic (exact) mass is 209 g/mol. The summed E-state index contributed by atoms with van der Waals surface area (Å²) in [6.45, 7) is 3.97. The van der Waals surface area contributed by atoms with Gasteiger partial charge in [0.25, 0.3) is 0 Å². The van der Waals surface area contributed by atoms with E-state index >= 15 is 0 Å². The third kappa shape index (κ3) is 3.53. The van der Waals surface area contributed by atoms with Crippen LogP contribution in [0.1, 0.15) is 20.3 Å². The van der Waals surface area contributed by atoms with Crippen molar-refractivity contribution < 1.29 is 9.53 Å². The number of carbonyl (C=O) groups excluding carboxylic acids is 1. The number of methoxy groups -OCH3 is 1. The second-order valence-electron chi connectivity index (χ2n) is 3.59. The maximum atomic E-state index is 11.5. The summed E-state index contributed by atoms with van der Waals surface area (Å²) < 4.78 is 5.01. The lowest BCUT2D eigenvalue weighted by atomic mass is 10.1. The van der Waals surface area contributed by atoms with Gasteiger partial charge in [-0.15, -0.1) is 0 Å². The molecule has 5 nitrogen and oxygen atoms in total. The van der Waals surface area contributed by atoms with Crippen LogP contribution >= 0.6 is 0 Å². The molecule has 0 bridgehead atoms. The fraction of sp³-hybridized carbons (Fsp3) is 0.500. The van der Waals surface area contributed by atoms with Gasteiger partial charge < -0.3 is 10.1 Å². The molecule has 1 heterocycles. The highest BCUT2D eigenvalue weighted by atomic mass is 16.5. The number of aromatic nitrogens is 2. The molecule has 0 fully saturated rings. The maximum absolute atomic E-state index is 11.5. The van der Waals surface area contributed by atoms with Gasteiger partial charge in [0, 0.05) is 6.42 Å². The molecule has 0 radical (unpaired) electrons. The Morgan fingerprint density at radius 3 is 2.93 bits per heavy atom. The van der Waals surface area contributed by atoms with E-state index < -0.39 is 0 Å². The second kappa shape index (κ2) is 5.29. The Morgan fingerprint density at radius 1 is 1.60 bits per heavy atom. The van der Waals surface area contributed by atoms with Crippen molar-refractivity contribution in [2.24, 2.45) is 5.92 Å². The van der Waals surface area contributed by atoms with Crippen LogP contribution in [0, 0.1) is 5.92 Å². The number of hydrogen-bond acceptors (Lipinski definition) is 4. The zero-order valence-electron chi connectivity index (χ0n) is 9.15. The first-order valence-corrected chi connectivity index (χ1v) is 4.77. The Bertz CT molecular complexity index is 339. The number of amides is 1. The van der Waals surface area contributed by atoms with Crippen LogP contribution < -0.4 is 10.1 Å². The zero-order valence-corrected chi connectivity index (χ0v) is 9.15. The highest BCUT2D eigenvalue weighted by Gasteiger charge is 2.09. The van der Waals surface area contributed by atoms with Crippen LogP contribution in [0.5, 0.6) is 5.75 Å². The fourth-order valence-corrected chi connectivity index (χ4v) is 1.11. The third-order valence-electron chi connectivity index (χ3n) is 1.75. The molecular weight excluding hydrogens is 194 g/mol. The number of nitrogens with one attached hydrogen (secondary N) is 1. The number of nitrogens with zero attached hydrogens (tertiary/aromatic N) is 2. The van der Waals surface area contributed by atoms with Crippen LogP contribution in [0.15, 0.2) is 12.5 Å². The van der Waals surface area contributed by atoms with E-state index in [2.05, 4.69) is 15.3 Å². The van der Waals surface area contributed by atoms with Gasteiger partial charge in [0.2, 0.25) is 5.91 Å². The Balaban J connectivity index is 2.67. The van der Waals surface area contributed by atoms with Crippen molar-refractivity contribution in [2.45, 2.75) is 20.3 Å². The minimum absolute atomic E-state index is 0.0676. The van der Waals surface area contributed by atoms with Gasteiger partial charge in [-0.25, -0.2) is 9.97 Å². The van der Waals surface area contributed by atoms with Crippen LogP contribution in [0.4, 0.5) is 5.82 Å². The molecule has 0 saturated carbocycles. The van der Waals surface area contributed by atoms with Crippen LogP contribution in [0.2, 0.25) is 0 Å². The molecule has 1 rings (SSSR count). The molecule has 0 aliphatic heterocycles. The topological polar surface area (TPSA) is 64.1 Å². The Kier molecular flexibility index (Phi) is 4.03. The van der Waals surface area contributed by atoms with E-state index in [9.17, 15) is 4.79 Å². The minimum atomic E-state index is -0.0676. The van der Waals surface area contributed by atoms with Crippen LogP contribution in [0.3, 0.4) is 0 Å². The van der Waals surface area contributed by atoms with Gasteiger partial charge in [0.15, 0.2) is 11.6 Å². The lowest BCUT2D eigenvalue weighted by Crippen LogP contribution is -2.15. The molecule has 0 saturated heterocycles. The number of carbonyl (C=O) groups is 1. The van der Waals surface area contributed by atoms with E-state index in [1.807, 2.05) is 13.8 Å². The van der Waals surface area contributed by atoms with Crippen molar-refractivity contribution in [3.05, 3.63) is 12.5 Å². The first kappa shape index (κ1) is 11.4. The summed E-state index contributed by atoms with van der Waals surface area (Å²) in [6.07, 6.45) is 3.35. The molecule has 0 aliphatic rings. The molecule has 0 aromatic carbocycles. The Hall–Kier alpha value is -1.65. The van der Waals surface area contributed by atoms with E-state index in [0.29, 0.717) is 23.9 Å². The summed E-state index contributed by atoms with van der Waals surface area (Å²) >= 11 is 0. The predicted octanol–water partition coefficient (Wildman–Crippen LogP) is 1.47. The van der Waals surface area contributed by atoms with Crippen LogP contribution in [0.25, 0.3) is 0 Å². The molecule has 0 aliphatic carbocycles. The molecule has 0 atom stereocenters. The number of rotatable bonds is 4. The number of ether oxygens (including phenoxy) is 1. The Labute approximate surface area is 88.9 Å². The molecule has 1 amide bonds. The van der Waals surface area contributed by atoms with Crippen molar-refractivity contribution in [3.63, 3.8) is 0 Å². The van der Waals surface area contributed by atoms with Crippen molar-refractivity contribution in [3.8, 4) is 5.75 Å². The van der Waals surface area contributed by atoms with E-state index in [0.717, 1.165) is 0 Å². The van der Waals surface area contributed by atoms with Gasteiger partial charge >= 0.3 is 0 Å². The normalized spacial score (nSPS) is 10.1. The van der Waals surface area contributed by atoms with Gasteiger partial charge in [-0.05, 0) is 5.92 Å². The first-order chi connectivity index (χ1) is 7.13. The quantitative estimate of drug-likeness (QED) is 0.815. The first-order valence-electron chi connectivity index (χ1n) is 4.77. The predicted molar refractivity (Wildman–Crippen MR) is 56.7 cm³/mol. The molecule has 15 heavy (non-hydrogen) atoms. The lowest BCUT2D eigenvalue weighted by molar-refractivity contribution is -0.116. The molecule has 1 aromatic rings. The van der Waals surface area contributed by atoms with Crippen LogP contribution in [-0.4, -0.2) is 23.0 Å². The van der Waals surface area contributed by atoms with Gasteiger partial charge in [-0.3, -0.25) is 4.79 Å². The van der Waals surface area contributed by atoms with Gasteiger partial charge in [0.05, 0.1) is 13.3 Å². The smallest absolute Gasteiger partial charge is 0.225 e. The van der Waals surface area contributed by atoms with Gasteiger partial charge in [-0.2, -0.15) is 0 Å². The van der Waals surface area contributed by atoms with E-state index in [1.165, 1.54) is 19.6 Å². The van der Waals surface area contributed by atoms with Gasteiger partial charge in [0.1, 0.15) is 6.33 Å². The molecule has 0 spiro atoms. The molecule has 5 heteroatoms. The van der Waals surface area contributed by atoms with E-state index in [-0.39, 0.29) is 5.91 Å². The van der Waals surface area contributed by atoms with Gasteiger partial charge in [-0.1, -0.05) is 13.8 Å². The lowest BCUT2D eigenvalue weighted by Gasteiger charge is -2.08. The summed E-state index contributed by atoms with van der Waals surface area (Å²) in [5, 5.41) is 2.68. The molecule has 1 aromatic heterocycles. The summed E-state index contributed by atoms with van der Waals surface area (Å²) in [6, 6.07) is 0. The van der Waals surface area contributed by atoms with Crippen molar-refractivity contribution in [2.75, 3.05) is 12.4 Å². The summed E-state index contributed by atoms with van der Waals surface area (Å²) in [5.74, 6) is 1.13. The fourth-order valence-electron chi connectivity index (χ4n) is 1.11.